The number of amides is 1. The van der Waals surface area contributed by atoms with Gasteiger partial charge in [-0.05, 0) is 50.1 Å². The highest BCUT2D eigenvalue weighted by Crippen LogP contribution is 2.32. The number of aromatic nitrogens is 1. The molecule has 8 heteroatoms. The minimum atomic E-state index is -3.62. The fraction of sp³-hybridized carbons (Fsp3) is 0.429. The number of carbonyl (C=O) groups is 1. The molecule has 2 aromatic rings. The van der Waals surface area contributed by atoms with E-state index < -0.39 is 10.0 Å². The molecule has 0 saturated carbocycles. The average molecular weight is 417 g/mol. The molecule has 2 heterocycles. The molecular formula is C21H28N4O3S. The molecule has 1 fully saturated rings. The highest BCUT2D eigenvalue weighted by molar-refractivity contribution is 7.89. The van der Waals surface area contributed by atoms with Crippen LogP contribution in [0, 0.1) is 6.92 Å². The Labute approximate surface area is 172 Å². The van der Waals surface area contributed by atoms with Crippen LogP contribution in [0.2, 0.25) is 0 Å². The van der Waals surface area contributed by atoms with Crippen molar-refractivity contribution in [2.75, 3.05) is 36.4 Å². The number of nitrogens with one attached hydrogen (secondary N) is 1. The smallest absolute Gasteiger partial charge is 0.274 e. The summed E-state index contributed by atoms with van der Waals surface area (Å²) in [7, 11) is -3.62. The Hall–Kier alpha value is -2.45. The summed E-state index contributed by atoms with van der Waals surface area (Å²) in [5.74, 6) is -0.355. The summed E-state index contributed by atoms with van der Waals surface area (Å²) in [4.78, 5) is 19.4. The van der Waals surface area contributed by atoms with E-state index in [4.69, 9.17) is 0 Å². The summed E-state index contributed by atoms with van der Waals surface area (Å²) in [5, 5.41) is 2.89. The first kappa shape index (κ1) is 21.3. The first-order valence-electron chi connectivity index (χ1n) is 10.0. The number of sulfonamides is 1. The molecule has 1 aliphatic heterocycles. The summed E-state index contributed by atoms with van der Waals surface area (Å²) in [6.07, 6.45) is 2.15. The second kappa shape index (κ2) is 8.92. The molecule has 1 aromatic heterocycles. The molecule has 0 atom stereocenters. The van der Waals surface area contributed by atoms with Crippen LogP contribution in [0.5, 0.6) is 0 Å². The van der Waals surface area contributed by atoms with Gasteiger partial charge in [-0.2, -0.15) is 4.31 Å². The number of anilines is 2. The van der Waals surface area contributed by atoms with Crippen molar-refractivity contribution >= 4 is 27.3 Å². The highest BCUT2D eigenvalue weighted by Gasteiger charge is 2.25. The summed E-state index contributed by atoms with van der Waals surface area (Å²) in [6.45, 7) is 7.99. The Morgan fingerprint density at radius 2 is 1.83 bits per heavy atom. The number of hydrogen-bond donors (Lipinski definition) is 1. The van der Waals surface area contributed by atoms with Crippen LogP contribution in [0.4, 0.5) is 11.4 Å². The third-order valence-electron chi connectivity index (χ3n) is 5.13. The maximum absolute atomic E-state index is 13.0. The van der Waals surface area contributed by atoms with Gasteiger partial charge in [0.2, 0.25) is 10.0 Å². The van der Waals surface area contributed by atoms with Gasteiger partial charge in [0.25, 0.3) is 5.91 Å². The van der Waals surface area contributed by atoms with Gasteiger partial charge in [0.05, 0.1) is 16.3 Å². The molecule has 0 aliphatic carbocycles. The van der Waals surface area contributed by atoms with Crippen LogP contribution in [0.3, 0.4) is 0 Å². The van der Waals surface area contributed by atoms with Crippen LogP contribution in [0.15, 0.2) is 41.3 Å². The monoisotopic (exact) mass is 416 g/mol. The zero-order chi connectivity index (χ0) is 21.0. The number of rotatable bonds is 7. The van der Waals surface area contributed by atoms with E-state index in [1.807, 2.05) is 26.8 Å². The molecule has 0 unspecified atom stereocenters. The van der Waals surface area contributed by atoms with E-state index >= 15 is 0 Å². The highest BCUT2D eigenvalue weighted by atomic mass is 32.2. The van der Waals surface area contributed by atoms with Crippen molar-refractivity contribution in [3.63, 3.8) is 0 Å². The van der Waals surface area contributed by atoms with Crippen molar-refractivity contribution in [1.82, 2.24) is 9.29 Å². The molecule has 3 rings (SSSR count). The Morgan fingerprint density at radius 3 is 2.45 bits per heavy atom. The van der Waals surface area contributed by atoms with Crippen LogP contribution in [0.1, 0.15) is 42.9 Å². The molecule has 1 aliphatic rings. The largest absolute Gasteiger partial charge is 0.370 e. The maximum atomic E-state index is 13.0. The van der Waals surface area contributed by atoms with Gasteiger partial charge in [0.1, 0.15) is 5.69 Å². The molecule has 1 saturated heterocycles. The van der Waals surface area contributed by atoms with Gasteiger partial charge in [-0.1, -0.05) is 19.9 Å². The van der Waals surface area contributed by atoms with Gasteiger partial charge in [0, 0.05) is 31.9 Å². The quantitative estimate of drug-likeness (QED) is 0.749. The predicted octanol–water partition coefficient (Wildman–Crippen LogP) is 3.27. The van der Waals surface area contributed by atoms with Crippen molar-refractivity contribution in [3.8, 4) is 0 Å². The Bertz CT molecular complexity index is 981. The number of aryl methyl sites for hydroxylation is 1. The number of carbonyl (C=O) groups excluding carboxylic acids is 1. The summed E-state index contributed by atoms with van der Waals surface area (Å²) in [6, 6.07) is 10.2. The standard InChI is InChI=1S/C21H28N4O3S/c1-4-25(5-2)29(27,28)17-11-12-20(24-13-6-7-14-24)19(15-17)23-21(26)18-10-8-9-16(3)22-18/h8-12,15H,4-7,13-14H2,1-3H3,(H,23,26). The van der Waals surface area contributed by atoms with Crippen LogP contribution in [-0.2, 0) is 10.0 Å². The second-order valence-electron chi connectivity index (χ2n) is 7.08. The fourth-order valence-corrected chi connectivity index (χ4v) is 5.06. The summed E-state index contributed by atoms with van der Waals surface area (Å²) in [5.41, 5.74) is 2.38. The van der Waals surface area contributed by atoms with E-state index in [1.165, 1.54) is 4.31 Å². The van der Waals surface area contributed by atoms with Crippen LogP contribution < -0.4 is 10.2 Å². The minimum absolute atomic E-state index is 0.177. The summed E-state index contributed by atoms with van der Waals surface area (Å²) < 4.78 is 27.3. The SMILES string of the molecule is CCN(CC)S(=O)(=O)c1ccc(N2CCCC2)c(NC(=O)c2cccc(C)n2)c1. The van der Waals surface area contributed by atoms with Crippen molar-refractivity contribution in [1.29, 1.82) is 0 Å². The van der Waals surface area contributed by atoms with Gasteiger partial charge in [0.15, 0.2) is 0 Å². The van der Waals surface area contributed by atoms with E-state index in [2.05, 4.69) is 15.2 Å². The molecule has 7 nitrogen and oxygen atoms in total. The molecule has 0 radical (unpaired) electrons. The van der Waals surface area contributed by atoms with Gasteiger partial charge in [-0.3, -0.25) is 4.79 Å². The average Bonchev–Trinajstić information content (AvgIpc) is 3.23. The first-order chi connectivity index (χ1) is 13.9. The number of nitrogens with zero attached hydrogens (tertiary/aromatic N) is 3. The molecule has 0 spiro atoms. The molecule has 1 N–H and O–H groups in total. The molecule has 1 amide bonds. The van der Waals surface area contributed by atoms with Crippen LogP contribution in [-0.4, -0.2) is 49.8 Å². The summed E-state index contributed by atoms with van der Waals surface area (Å²) >= 11 is 0. The lowest BCUT2D eigenvalue weighted by atomic mass is 10.2. The van der Waals surface area contributed by atoms with Crippen molar-refractivity contribution in [2.24, 2.45) is 0 Å². The second-order valence-corrected chi connectivity index (χ2v) is 9.02. The Kier molecular flexibility index (Phi) is 6.54. The number of hydrogen-bond acceptors (Lipinski definition) is 5. The lowest BCUT2D eigenvalue weighted by Gasteiger charge is -2.24. The molecule has 29 heavy (non-hydrogen) atoms. The number of benzene rings is 1. The van der Waals surface area contributed by atoms with E-state index in [1.54, 1.807) is 30.3 Å². The molecule has 156 valence electrons. The normalized spacial score (nSPS) is 14.4. The Morgan fingerprint density at radius 1 is 1.14 bits per heavy atom. The van der Waals surface area contributed by atoms with Gasteiger partial charge >= 0.3 is 0 Å². The lowest BCUT2D eigenvalue weighted by molar-refractivity contribution is 0.102. The number of pyridine rings is 1. The zero-order valence-electron chi connectivity index (χ0n) is 17.2. The third-order valence-corrected chi connectivity index (χ3v) is 7.17. The van der Waals surface area contributed by atoms with Crippen LogP contribution >= 0.6 is 0 Å². The van der Waals surface area contributed by atoms with E-state index in [0.717, 1.165) is 37.3 Å². The Balaban J connectivity index is 2.00. The predicted molar refractivity (Wildman–Crippen MR) is 115 cm³/mol. The minimum Gasteiger partial charge on any atom is -0.370 e. The van der Waals surface area contributed by atoms with Gasteiger partial charge in [-0.25, -0.2) is 13.4 Å². The topological polar surface area (TPSA) is 82.6 Å². The lowest BCUT2D eigenvalue weighted by Crippen LogP contribution is -2.31. The van der Waals surface area contributed by atoms with E-state index in [9.17, 15) is 13.2 Å². The van der Waals surface area contributed by atoms with Crippen molar-refractivity contribution < 1.29 is 13.2 Å². The van der Waals surface area contributed by atoms with E-state index in [0.29, 0.717) is 24.5 Å². The fourth-order valence-electron chi connectivity index (χ4n) is 3.58. The van der Waals surface area contributed by atoms with E-state index in [-0.39, 0.29) is 10.8 Å². The zero-order valence-corrected chi connectivity index (χ0v) is 18.0. The molecule has 1 aromatic carbocycles. The van der Waals surface area contributed by atoms with Crippen molar-refractivity contribution in [2.45, 2.75) is 38.5 Å². The first-order valence-corrected chi connectivity index (χ1v) is 11.4. The van der Waals surface area contributed by atoms with Crippen molar-refractivity contribution in [3.05, 3.63) is 47.8 Å². The van der Waals surface area contributed by atoms with Crippen LogP contribution in [0.25, 0.3) is 0 Å². The van der Waals surface area contributed by atoms with Gasteiger partial charge < -0.3 is 10.2 Å². The maximum Gasteiger partial charge on any atom is 0.274 e. The molecule has 0 bridgehead atoms. The third kappa shape index (κ3) is 4.59. The van der Waals surface area contributed by atoms with Gasteiger partial charge in [-0.15, -0.1) is 0 Å². The molecular weight excluding hydrogens is 388 g/mol.